The van der Waals surface area contributed by atoms with Gasteiger partial charge in [-0.15, -0.1) is 0 Å². The van der Waals surface area contributed by atoms with E-state index in [1.807, 2.05) is 24.3 Å². The second-order valence-electron chi connectivity index (χ2n) is 5.60. The number of nitrogens with one attached hydrogen (secondary N) is 1. The fourth-order valence-electron chi connectivity index (χ4n) is 2.17. The van der Waals surface area contributed by atoms with Crippen molar-refractivity contribution >= 4 is 27.8 Å². The average molecular weight is 365 g/mol. The predicted molar refractivity (Wildman–Crippen MR) is 83.7 cm³/mol. The van der Waals surface area contributed by atoms with Crippen molar-refractivity contribution in [2.24, 2.45) is 5.92 Å². The Morgan fingerprint density at radius 3 is 2.59 bits per heavy atom. The van der Waals surface area contributed by atoms with Crippen molar-refractivity contribution in [2.45, 2.75) is 31.7 Å². The van der Waals surface area contributed by atoms with Crippen LogP contribution in [0.4, 0.5) is 0 Å². The average Bonchev–Trinajstić information content (AvgIpc) is 3.32. The first kappa shape index (κ1) is 16.5. The van der Waals surface area contributed by atoms with Crippen LogP contribution < -0.4 is 5.32 Å². The third-order valence-electron chi connectivity index (χ3n) is 3.65. The van der Waals surface area contributed by atoms with E-state index < -0.39 is 17.4 Å². The van der Waals surface area contributed by atoms with Gasteiger partial charge in [0.25, 0.3) is 5.91 Å². The molecular weight excluding hydrogens is 348 g/mol. The number of benzene rings is 1. The van der Waals surface area contributed by atoms with Gasteiger partial charge in [-0.3, -0.25) is 9.59 Å². The standard InChI is InChI=1S/C16H17BrN2O3/c1-16(10-18,12-4-5-12)19-14(20)9-22-15(21)8-11-2-6-13(17)7-3-11/h2-3,6-7,12H,4-5,8-9H2,1H3,(H,19,20)/t16-/m1/s1. The van der Waals surface area contributed by atoms with Gasteiger partial charge in [0.1, 0.15) is 5.54 Å². The van der Waals surface area contributed by atoms with Gasteiger partial charge in [-0.05, 0) is 43.4 Å². The summed E-state index contributed by atoms with van der Waals surface area (Å²) in [6.07, 6.45) is 1.99. The predicted octanol–water partition coefficient (Wildman–Crippen LogP) is 2.34. The van der Waals surface area contributed by atoms with Crippen molar-refractivity contribution in [3.05, 3.63) is 34.3 Å². The molecule has 2 rings (SSSR count). The molecule has 1 atom stereocenters. The van der Waals surface area contributed by atoms with Gasteiger partial charge in [-0.2, -0.15) is 5.26 Å². The lowest BCUT2D eigenvalue weighted by Crippen LogP contribution is -2.48. The number of hydrogen-bond donors (Lipinski definition) is 1. The monoisotopic (exact) mass is 364 g/mol. The van der Waals surface area contributed by atoms with E-state index in [4.69, 9.17) is 10.00 Å². The maximum absolute atomic E-state index is 11.8. The molecule has 1 aliphatic carbocycles. The van der Waals surface area contributed by atoms with E-state index in [1.54, 1.807) is 6.92 Å². The largest absolute Gasteiger partial charge is 0.455 e. The Kier molecular flexibility index (Phi) is 5.19. The van der Waals surface area contributed by atoms with E-state index >= 15 is 0 Å². The van der Waals surface area contributed by atoms with Crippen LogP contribution in [0.2, 0.25) is 0 Å². The molecule has 0 bridgehead atoms. The van der Waals surface area contributed by atoms with Crippen LogP contribution in [0.5, 0.6) is 0 Å². The van der Waals surface area contributed by atoms with Gasteiger partial charge < -0.3 is 10.1 Å². The lowest BCUT2D eigenvalue weighted by atomic mass is 9.98. The van der Waals surface area contributed by atoms with Gasteiger partial charge in [-0.25, -0.2) is 0 Å². The van der Waals surface area contributed by atoms with E-state index in [1.165, 1.54) is 0 Å². The minimum atomic E-state index is -0.866. The Bertz CT molecular complexity index is 605. The van der Waals surface area contributed by atoms with Gasteiger partial charge in [-0.1, -0.05) is 28.1 Å². The zero-order valence-electron chi connectivity index (χ0n) is 12.3. The molecule has 0 spiro atoms. The third-order valence-corrected chi connectivity index (χ3v) is 4.18. The highest BCUT2D eigenvalue weighted by atomic mass is 79.9. The van der Waals surface area contributed by atoms with Crippen LogP contribution in [0.1, 0.15) is 25.3 Å². The Morgan fingerprint density at radius 2 is 2.05 bits per heavy atom. The molecule has 0 radical (unpaired) electrons. The molecule has 0 aliphatic heterocycles. The third kappa shape index (κ3) is 4.57. The number of nitrogens with zero attached hydrogens (tertiary/aromatic N) is 1. The number of amides is 1. The van der Waals surface area contributed by atoms with E-state index in [9.17, 15) is 9.59 Å². The van der Waals surface area contributed by atoms with Crippen molar-refractivity contribution < 1.29 is 14.3 Å². The molecule has 5 nitrogen and oxygen atoms in total. The van der Waals surface area contributed by atoms with E-state index in [-0.39, 0.29) is 18.9 Å². The van der Waals surface area contributed by atoms with E-state index in [0.717, 1.165) is 22.9 Å². The van der Waals surface area contributed by atoms with Crippen molar-refractivity contribution in [3.63, 3.8) is 0 Å². The molecule has 1 aliphatic rings. The van der Waals surface area contributed by atoms with Crippen molar-refractivity contribution in [2.75, 3.05) is 6.61 Å². The molecule has 0 saturated heterocycles. The quantitative estimate of drug-likeness (QED) is 0.785. The molecule has 6 heteroatoms. The summed E-state index contributed by atoms with van der Waals surface area (Å²) in [7, 11) is 0. The lowest BCUT2D eigenvalue weighted by molar-refractivity contribution is -0.148. The molecule has 116 valence electrons. The molecule has 1 aromatic carbocycles. The highest BCUT2D eigenvalue weighted by Crippen LogP contribution is 2.39. The number of carbonyl (C=O) groups is 2. The van der Waals surface area contributed by atoms with Crippen LogP contribution in [0, 0.1) is 17.2 Å². The van der Waals surface area contributed by atoms with E-state index in [0.29, 0.717) is 0 Å². The van der Waals surface area contributed by atoms with Crippen molar-refractivity contribution in [1.29, 1.82) is 5.26 Å². The number of hydrogen-bond acceptors (Lipinski definition) is 4. The van der Waals surface area contributed by atoms with Gasteiger partial charge in [0.05, 0.1) is 12.5 Å². The fourth-order valence-corrected chi connectivity index (χ4v) is 2.44. The Balaban J connectivity index is 1.77. The molecule has 0 heterocycles. The second kappa shape index (κ2) is 6.93. The first-order valence-electron chi connectivity index (χ1n) is 7.05. The molecule has 1 N–H and O–H groups in total. The molecular formula is C16H17BrN2O3. The second-order valence-corrected chi connectivity index (χ2v) is 6.52. The molecule has 1 saturated carbocycles. The van der Waals surface area contributed by atoms with Crippen molar-refractivity contribution in [1.82, 2.24) is 5.32 Å². The highest BCUT2D eigenvalue weighted by molar-refractivity contribution is 9.10. The maximum atomic E-state index is 11.8. The van der Waals surface area contributed by atoms with E-state index in [2.05, 4.69) is 27.3 Å². The smallest absolute Gasteiger partial charge is 0.310 e. The minimum absolute atomic E-state index is 0.110. The Labute approximate surface area is 137 Å². The fraction of sp³-hybridized carbons (Fsp3) is 0.438. The number of nitriles is 1. The maximum Gasteiger partial charge on any atom is 0.310 e. The Morgan fingerprint density at radius 1 is 1.41 bits per heavy atom. The van der Waals surface area contributed by atoms with Gasteiger partial charge in [0.15, 0.2) is 6.61 Å². The number of ether oxygens (including phenoxy) is 1. The first-order valence-corrected chi connectivity index (χ1v) is 7.84. The molecule has 1 aromatic rings. The summed E-state index contributed by atoms with van der Waals surface area (Å²) in [5, 5.41) is 11.8. The summed E-state index contributed by atoms with van der Waals surface area (Å²) in [5.41, 5.74) is -0.0525. The normalized spacial score (nSPS) is 16.2. The summed E-state index contributed by atoms with van der Waals surface area (Å²) in [6.45, 7) is 1.34. The SMILES string of the molecule is C[C@](C#N)(NC(=O)COC(=O)Cc1ccc(Br)cc1)C1CC1. The summed E-state index contributed by atoms with van der Waals surface area (Å²) in [4.78, 5) is 23.5. The molecule has 22 heavy (non-hydrogen) atoms. The molecule has 1 amide bonds. The topological polar surface area (TPSA) is 79.2 Å². The zero-order valence-corrected chi connectivity index (χ0v) is 13.9. The van der Waals surface area contributed by atoms with Crippen LogP contribution in [0.3, 0.4) is 0 Å². The molecule has 0 aromatic heterocycles. The number of rotatable bonds is 6. The van der Waals surface area contributed by atoms with Gasteiger partial charge in [0, 0.05) is 4.47 Å². The van der Waals surface area contributed by atoms with Crippen LogP contribution in [-0.2, 0) is 20.7 Å². The summed E-state index contributed by atoms with van der Waals surface area (Å²) in [6, 6.07) is 9.42. The van der Waals surface area contributed by atoms with Crippen LogP contribution in [0.25, 0.3) is 0 Å². The van der Waals surface area contributed by atoms with Crippen molar-refractivity contribution in [3.8, 4) is 6.07 Å². The first-order chi connectivity index (χ1) is 10.4. The molecule has 0 unspecified atom stereocenters. The van der Waals surface area contributed by atoms with Gasteiger partial charge >= 0.3 is 5.97 Å². The van der Waals surface area contributed by atoms with Gasteiger partial charge in [0.2, 0.25) is 0 Å². The minimum Gasteiger partial charge on any atom is -0.455 e. The molecule has 1 fully saturated rings. The van der Waals surface area contributed by atoms with Crippen LogP contribution in [-0.4, -0.2) is 24.0 Å². The number of esters is 1. The highest BCUT2D eigenvalue weighted by Gasteiger charge is 2.43. The zero-order chi connectivity index (χ0) is 16.2. The summed E-state index contributed by atoms with van der Waals surface area (Å²) >= 11 is 3.32. The lowest BCUT2D eigenvalue weighted by Gasteiger charge is -2.22. The number of halogens is 1. The Hall–Kier alpha value is -1.87. The van der Waals surface area contributed by atoms with Crippen LogP contribution in [0.15, 0.2) is 28.7 Å². The summed E-state index contributed by atoms with van der Waals surface area (Å²) in [5.74, 6) is -0.720. The van der Waals surface area contributed by atoms with Crippen LogP contribution >= 0.6 is 15.9 Å². The summed E-state index contributed by atoms with van der Waals surface area (Å²) < 4.78 is 5.89. The number of carbonyl (C=O) groups excluding carboxylic acids is 2.